The minimum Gasteiger partial charge on any atom is -0.398 e. The summed E-state index contributed by atoms with van der Waals surface area (Å²) in [5, 5.41) is 9.64. The first-order chi connectivity index (χ1) is 8.25. The van der Waals surface area contributed by atoms with E-state index in [0.29, 0.717) is 0 Å². The van der Waals surface area contributed by atoms with Crippen molar-refractivity contribution in [1.29, 1.82) is 0 Å². The van der Waals surface area contributed by atoms with Crippen LogP contribution in [0.15, 0.2) is 23.1 Å². The van der Waals surface area contributed by atoms with Gasteiger partial charge in [0.1, 0.15) is 4.90 Å². The van der Waals surface area contributed by atoms with E-state index in [1.807, 2.05) is 0 Å². The Bertz CT molecular complexity index is 497. The fourth-order valence-corrected chi connectivity index (χ4v) is 3.04. The van der Waals surface area contributed by atoms with Crippen LogP contribution in [0.25, 0.3) is 0 Å². The van der Waals surface area contributed by atoms with Crippen LogP contribution in [0.5, 0.6) is 0 Å². The van der Waals surface area contributed by atoms with E-state index in [1.165, 1.54) is 12.1 Å². The summed E-state index contributed by atoms with van der Waals surface area (Å²) in [5.41, 5.74) is 5.69. The Labute approximate surface area is 112 Å². The number of aliphatic hydroxyl groups is 1. The first-order valence-corrected chi connectivity index (χ1v) is 7.33. The third-order valence-electron chi connectivity index (χ3n) is 2.52. The standard InChI is InChI=1S/C11H17ClN2O3S/c1-7(2)10(15)6-14-18(16,17)11-8(12)4-3-5-9(11)13/h3-5,7,10,14-15H,6,13H2,1-2H3. The number of sulfonamides is 1. The van der Waals surface area contributed by atoms with E-state index in [4.69, 9.17) is 17.3 Å². The molecule has 18 heavy (non-hydrogen) atoms. The molecule has 0 amide bonds. The van der Waals surface area contributed by atoms with E-state index < -0.39 is 16.1 Å². The number of nitrogen functional groups attached to an aromatic ring is 1. The Hall–Kier alpha value is -0.820. The molecule has 0 heterocycles. The molecule has 0 aromatic heterocycles. The lowest BCUT2D eigenvalue weighted by Gasteiger charge is -2.16. The molecule has 0 aliphatic carbocycles. The van der Waals surface area contributed by atoms with Crippen LogP contribution in [-0.2, 0) is 10.0 Å². The highest BCUT2D eigenvalue weighted by Crippen LogP contribution is 2.26. The van der Waals surface area contributed by atoms with Crippen molar-refractivity contribution in [2.45, 2.75) is 24.8 Å². The number of rotatable bonds is 5. The van der Waals surface area contributed by atoms with Crippen molar-refractivity contribution in [1.82, 2.24) is 4.72 Å². The number of nitrogens with two attached hydrogens (primary N) is 1. The summed E-state index contributed by atoms with van der Waals surface area (Å²) < 4.78 is 26.3. The predicted molar refractivity (Wildman–Crippen MR) is 71.9 cm³/mol. The molecule has 4 N–H and O–H groups in total. The molecule has 0 saturated heterocycles. The molecule has 1 rings (SSSR count). The quantitative estimate of drug-likeness (QED) is 0.712. The fourth-order valence-electron chi connectivity index (χ4n) is 1.31. The largest absolute Gasteiger partial charge is 0.398 e. The minimum absolute atomic E-state index is 0.0451. The number of benzene rings is 1. The summed E-state index contributed by atoms with van der Waals surface area (Å²) in [5.74, 6) is -0.0451. The normalized spacial score (nSPS) is 13.8. The summed E-state index contributed by atoms with van der Waals surface area (Å²) in [6.45, 7) is 3.51. The van der Waals surface area contributed by atoms with Crippen LogP contribution < -0.4 is 10.5 Å². The zero-order chi connectivity index (χ0) is 13.9. The summed E-state index contributed by atoms with van der Waals surface area (Å²) >= 11 is 5.83. The summed E-state index contributed by atoms with van der Waals surface area (Å²) in [6, 6.07) is 4.48. The molecule has 0 saturated carbocycles. The molecule has 102 valence electrons. The van der Waals surface area contributed by atoms with Gasteiger partial charge in [-0.25, -0.2) is 13.1 Å². The SMILES string of the molecule is CC(C)C(O)CNS(=O)(=O)c1c(N)cccc1Cl. The van der Waals surface area contributed by atoms with Crippen LogP contribution in [0.2, 0.25) is 5.02 Å². The van der Waals surface area contributed by atoms with Gasteiger partial charge in [0.15, 0.2) is 0 Å². The van der Waals surface area contributed by atoms with Gasteiger partial charge in [-0.3, -0.25) is 0 Å². The molecular weight excluding hydrogens is 276 g/mol. The second-order valence-electron chi connectivity index (χ2n) is 4.32. The molecule has 0 fully saturated rings. The van der Waals surface area contributed by atoms with Gasteiger partial charge in [-0.15, -0.1) is 0 Å². The lowest BCUT2D eigenvalue weighted by Crippen LogP contribution is -2.35. The molecule has 0 bridgehead atoms. The second-order valence-corrected chi connectivity index (χ2v) is 6.43. The minimum atomic E-state index is -3.82. The van der Waals surface area contributed by atoms with Crippen molar-refractivity contribution in [2.24, 2.45) is 5.92 Å². The third kappa shape index (κ3) is 3.58. The van der Waals surface area contributed by atoms with Crippen molar-refractivity contribution in [2.75, 3.05) is 12.3 Å². The van der Waals surface area contributed by atoms with Gasteiger partial charge in [-0.1, -0.05) is 31.5 Å². The number of halogens is 1. The van der Waals surface area contributed by atoms with Gasteiger partial charge < -0.3 is 10.8 Å². The monoisotopic (exact) mass is 292 g/mol. The van der Waals surface area contributed by atoms with Gasteiger partial charge in [-0.05, 0) is 18.1 Å². The Morgan fingerprint density at radius 1 is 1.44 bits per heavy atom. The van der Waals surface area contributed by atoms with Crippen molar-refractivity contribution < 1.29 is 13.5 Å². The van der Waals surface area contributed by atoms with Crippen molar-refractivity contribution >= 4 is 27.3 Å². The van der Waals surface area contributed by atoms with Crippen molar-refractivity contribution in [3.63, 3.8) is 0 Å². The first-order valence-electron chi connectivity index (χ1n) is 5.47. The van der Waals surface area contributed by atoms with Crippen LogP contribution in [-0.4, -0.2) is 26.2 Å². The first kappa shape index (κ1) is 15.2. The summed E-state index contributed by atoms with van der Waals surface area (Å²) in [6.07, 6.45) is -0.761. The lowest BCUT2D eigenvalue weighted by atomic mass is 10.1. The van der Waals surface area contributed by atoms with Crippen LogP contribution in [0.4, 0.5) is 5.69 Å². The number of hydrogen-bond donors (Lipinski definition) is 3. The smallest absolute Gasteiger partial charge is 0.244 e. The van der Waals surface area contributed by atoms with Crippen molar-refractivity contribution in [3.8, 4) is 0 Å². The molecule has 0 aliphatic heterocycles. The van der Waals surface area contributed by atoms with E-state index >= 15 is 0 Å². The number of nitrogens with one attached hydrogen (secondary N) is 1. The average Bonchev–Trinajstić information content (AvgIpc) is 2.25. The maximum Gasteiger partial charge on any atom is 0.244 e. The van der Waals surface area contributed by atoms with Crippen LogP contribution in [0.1, 0.15) is 13.8 Å². The van der Waals surface area contributed by atoms with Gasteiger partial charge in [0.05, 0.1) is 16.8 Å². The highest BCUT2D eigenvalue weighted by atomic mass is 35.5. The van der Waals surface area contributed by atoms with Gasteiger partial charge in [-0.2, -0.15) is 0 Å². The van der Waals surface area contributed by atoms with E-state index in [1.54, 1.807) is 19.9 Å². The maximum atomic E-state index is 12.0. The van der Waals surface area contributed by atoms with Gasteiger partial charge in [0.25, 0.3) is 0 Å². The molecule has 1 aromatic rings. The molecule has 1 aromatic carbocycles. The lowest BCUT2D eigenvalue weighted by molar-refractivity contribution is 0.129. The van der Waals surface area contributed by atoms with Crippen LogP contribution in [0.3, 0.4) is 0 Å². The van der Waals surface area contributed by atoms with Gasteiger partial charge >= 0.3 is 0 Å². The fraction of sp³-hybridized carbons (Fsp3) is 0.455. The molecule has 0 aliphatic rings. The molecule has 0 radical (unpaired) electrons. The van der Waals surface area contributed by atoms with E-state index in [-0.39, 0.29) is 28.1 Å². The zero-order valence-electron chi connectivity index (χ0n) is 10.2. The predicted octanol–water partition coefficient (Wildman–Crippen LogP) is 1.22. The number of aliphatic hydroxyl groups excluding tert-OH is 1. The molecular formula is C11H17ClN2O3S. The molecule has 5 nitrogen and oxygen atoms in total. The average molecular weight is 293 g/mol. The molecule has 1 unspecified atom stereocenters. The second kappa shape index (κ2) is 5.88. The Kier molecular flexibility index (Phi) is 4.98. The van der Waals surface area contributed by atoms with Crippen LogP contribution >= 0.6 is 11.6 Å². The van der Waals surface area contributed by atoms with Crippen LogP contribution in [0, 0.1) is 5.92 Å². The van der Waals surface area contributed by atoms with E-state index in [0.717, 1.165) is 0 Å². The third-order valence-corrected chi connectivity index (χ3v) is 4.49. The van der Waals surface area contributed by atoms with Gasteiger partial charge in [0, 0.05) is 6.54 Å². The van der Waals surface area contributed by atoms with Gasteiger partial charge in [0.2, 0.25) is 10.0 Å². The van der Waals surface area contributed by atoms with E-state index in [2.05, 4.69) is 4.72 Å². The maximum absolute atomic E-state index is 12.0. The molecule has 1 atom stereocenters. The topological polar surface area (TPSA) is 92.4 Å². The summed E-state index contributed by atoms with van der Waals surface area (Å²) in [4.78, 5) is -0.150. The highest BCUT2D eigenvalue weighted by Gasteiger charge is 2.22. The van der Waals surface area contributed by atoms with E-state index in [9.17, 15) is 13.5 Å². The zero-order valence-corrected chi connectivity index (χ0v) is 11.8. The number of anilines is 1. The highest BCUT2D eigenvalue weighted by molar-refractivity contribution is 7.89. The Morgan fingerprint density at radius 2 is 2.06 bits per heavy atom. The molecule has 0 spiro atoms. The summed E-state index contributed by atoms with van der Waals surface area (Å²) in [7, 11) is -3.82. The number of hydrogen-bond acceptors (Lipinski definition) is 4. The van der Waals surface area contributed by atoms with Crippen molar-refractivity contribution in [3.05, 3.63) is 23.2 Å². The Morgan fingerprint density at radius 3 is 2.56 bits per heavy atom. The molecule has 7 heteroatoms. The Balaban J connectivity index is 2.94.